The van der Waals surface area contributed by atoms with Crippen LogP contribution in [0.15, 0.2) is 18.2 Å². The molecule has 2 N–H and O–H groups in total. The summed E-state index contributed by atoms with van der Waals surface area (Å²) < 4.78 is 5.26. The van der Waals surface area contributed by atoms with Crippen molar-refractivity contribution in [1.29, 1.82) is 0 Å². The molecule has 0 spiro atoms. The van der Waals surface area contributed by atoms with E-state index in [4.69, 9.17) is 4.74 Å². The molecule has 1 saturated carbocycles. The Morgan fingerprint density at radius 1 is 1.14 bits per heavy atom. The van der Waals surface area contributed by atoms with Gasteiger partial charge in [-0.25, -0.2) is 4.79 Å². The molecule has 2 rings (SSSR count). The number of carbonyl (C=O) groups excluding carboxylic acids is 1. The van der Waals surface area contributed by atoms with Gasteiger partial charge < -0.3 is 15.4 Å². The molecule has 0 aliphatic heterocycles. The summed E-state index contributed by atoms with van der Waals surface area (Å²) in [6.45, 7) is 9.85. The summed E-state index contributed by atoms with van der Waals surface area (Å²) >= 11 is 0. The number of hydrogen-bond donors (Lipinski definition) is 2. The average Bonchev–Trinajstić information content (AvgIpc) is 2.28. The summed E-state index contributed by atoms with van der Waals surface area (Å²) in [6.07, 6.45) is 1.55. The van der Waals surface area contributed by atoms with Crippen molar-refractivity contribution in [3.05, 3.63) is 29.3 Å². The van der Waals surface area contributed by atoms with Gasteiger partial charge in [-0.1, -0.05) is 6.07 Å². The quantitative estimate of drug-likeness (QED) is 0.891. The van der Waals surface area contributed by atoms with E-state index in [0.29, 0.717) is 6.04 Å². The second-order valence-corrected chi connectivity index (χ2v) is 6.95. The lowest BCUT2D eigenvalue weighted by Gasteiger charge is -2.37. The highest BCUT2D eigenvalue weighted by molar-refractivity contribution is 5.68. The van der Waals surface area contributed by atoms with E-state index in [1.165, 1.54) is 11.1 Å². The third kappa shape index (κ3) is 4.66. The number of carbonyl (C=O) groups is 1. The standard InChI is InChI=1S/C17H26N2O2/c1-11-6-7-13(8-12(11)2)18-14-9-15(10-14)19-16(20)21-17(3,4)5/h6-8,14-15,18H,9-10H2,1-5H3,(H,19,20). The summed E-state index contributed by atoms with van der Waals surface area (Å²) in [5, 5.41) is 6.41. The van der Waals surface area contributed by atoms with Crippen molar-refractivity contribution in [2.75, 3.05) is 5.32 Å². The molecular formula is C17H26N2O2. The van der Waals surface area contributed by atoms with Crippen LogP contribution in [-0.4, -0.2) is 23.8 Å². The highest BCUT2D eigenvalue weighted by atomic mass is 16.6. The van der Waals surface area contributed by atoms with E-state index >= 15 is 0 Å². The lowest BCUT2D eigenvalue weighted by atomic mass is 9.86. The Kier molecular flexibility index (Phi) is 4.45. The van der Waals surface area contributed by atoms with Crippen molar-refractivity contribution in [1.82, 2.24) is 5.32 Å². The molecule has 0 atom stereocenters. The molecule has 0 unspecified atom stereocenters. The van der Waals surface area contributed by atoms with E-state index in [2.05, 4.69) is 42.7 Å². The predicted octanol–water partition coefficient (Wildman–Crippen LogP) is 3.77. The molecule has 4 nitrogen and oxygen atoms in total. The zero-order valence-corrected chi connectivity index (χ0v) is 13.6. The van der Waals surface area contributed by atoms with Gasteiger partial charge in [0.25, 0.3) is 0 Å². The first-order valence-corrected chi connectivity index (χ1v) is 7.56. The van der Waals surface area contributed by atoms with Gasteiger partial charge in [0, 0.05) is 17.8 Å². The number of ether oxygens (including phenoxy) is 1. The van der Waals surface area contributed by atoms with Crippen LogP contribution in [0, 0.1) is 13.8 Å². The average molecular weight is 290 g/mol. The van der Waals surface area contributed by atoms with Gasteiger partial charge in [0.05, 0.1) is 0 Å². The van der Waals surface area contributed by atoms with Crippen molar-refractivity contribution in [2.45, 2.75) is 65.1 Å². The lowest BCUT2D eigenvalue weighted by molar-refractivity contribution is 0.0475. The third-order valence-corrected chi connectivity index (χ3v) is 3.74. The van der Waals surface area contributed by atoms with Gasteiger partial charge in [-0.05, 0) is 70.7 Å². The second kappa shape index (κ2) is 5.96. The molecule has 0 saturated heterocycles. The molecule has 1 aliphatic carbocycles. The van der Waals surface area contributed by atoms with E-state index < -0.39 is 5.60 Å². The van der Waals surface area contributed by atoms with Crippen LogP contribution in [0.4, 0.5) is 10.5 Å². The Morgan fingerprint density at radius 3 is 2.38 bits per heavy atom. The Bertz CT molecular complexity index is 514. The minimum absolute atomic E-state index is 0.212. The smallest absolute Gasteiger partial charge is 0.407 e. The van der Waals surface area contributed by atoms with Crippen molar-refractivity contribution in [3.63, 3.8) is 0 Å². The van der Waals surface area contributed by atoms with E-state index in [1.807, 2.05) is 20.8 Å². The number of rotatable bonds is 3. The molecule has 1 amide bonds. The molecule has 1 aliphatic rings. The van der Waals surface area contributed by atoms with Gasteiger partial charge in [0.1, 0.15) is 5.60 Å². The summed E-state index contributed by atoms with van der Waals surface area (Å²) in [5.41, 5.74) is 3.31. The predicted molar refractivity (Wildman–Crippen MR) is 85.7 cm³/mol. The molecule has 0 heterocycles. The van der Waals surface area contributed by atoms with E-state index in [1.54, 1.807) is 0 Å². The maximum absolute atomic E-state index is 11.7. The van der Waals surface area contributed by atoms with Crippen LogP contribution >= 0.6 is 0 Å². The van der Waals surface area contributed by atoms with Crippen molar-refractivity contribution in [2.24, 2.45) is 0 Å². The van der Waals surface area contributed by atoms with Crippen LogP contribution in [0.1, 0.15) is 44.7 Å². The van der Waals surface area contributed by atoms with Crippen LogP contribution in [0.25, 0.3) is 0 Å². The zero-order chi connectivity index (χ0) is 15.6. The lowest BCUT2D eigenvalue weighted by Crippen LogP contribution is -2.50. The van der Waals surface area contributed by atoms with Crippen LogP contribution in [0.3, 0.4) is 0 Å². The van der Waals surface area contributed by atoms with E-state index in [0.717, 1.165) is 18.5 Å². The first-order chi connectivity index (χ1) is 9.73. The first kappa shape index (κ1) is 15.7. The van der Waals surface area contributed by atoms with Crippen LogP contribution in [0.5, 0.6) is 0 Å². The molecule has 4 heteroatoms. The number of anilines is 1. The zero-order valence-electron chi connectivity index (χ0n) is 13.6. The van der Waals surface area contributed by atoms with E-state index in [9.17, 15) is 4.79 Å². The van der Waals surface area contributed by atoms with Gasteiger partial charge in [-0.3, -0.25) is 0 Å². The van der Waals surface area contributed by atoms with Crippen LogP contribution < -0.4 is 10.6 Å². The van der Waals surface area contributed by atoms with Crippen LogP contribution in [-0.2, 0) is 4.74 Å². The van der Waals surface area contributed by atoms with Crippen LogP contribution in [0.2, 0.25) is 0 Å². The number of aryl methyl sites for hydroxylation is 2. The highest BCUT2D eigenvalue weighted by Crippen LogP contribution is 2.25. The van der Waals surface area contributed by atoms with Crippen molar-refractivity contribution < 1.29 is 9.53 Å². The highest BCUT2D eigenvalue weighted by Gasteiger charge is 2.31. The fourth-order valence-electron chi connectivity index (χ4n) is 2.39. The number of benzene rings is 1. The Labute approximate surface area is 127 Å². The normalized spacial score (nSPS) is 21.4. The van der Waals surface area contributed by atoms with Crippen molar-refractivity contribution in [3.8, 4) is 0 Å². The molecular weight excluding hydrogens is 264 g/mol. The number of hydrogen-bond acceptors (Lipinski definition) is 3. The van der Waals surface area contributed by atoms with Gasteiger partial charge in [0.15, 0.2) is 0 Å². The number of nitrogens with one attached hydrogen (secondary N) is 2. The molecule has 1 aromatic carbocycles. The molecule has 0 bridgehead atoms. The molecule has 0 aromatic heterocycles. The van der Waals surface area contributed by atoms with Gasteiger partial charge >= 0.3 is 6.09 Å². The molecule has 21 heavy (non-hydrogen) atoms. The summed E-state index contributed by atoms with van der Waals surface area (Å²) in [5.74, 6) is 0. The number of alkyl carbamates (subject to hydrolysis) is 1. The Hall–Kier alpha value is -1.71. The molecule has 0 radical (unpaired) electrons. The van der Waals surface area contributed by atoms with Gasteiger partial charge in [-0.15, -0.1) is 0 Å². The maximum atomic E-state index is 11.7. The minimum Gasteiger partial charge on any atom is -0.444 e. The maximum Gasteiger partial charge on any atom is 0.407 e. The van der Waals surface area contributed by atoms with Crippen molar-refractivity contribution >= 4 is 11.8 Å². The largest absolute Gasteiger partial charge is 0.444 e. The molecule has 1 aromatic rings. The fraction of sp³-hybridized carbons (Fsp3) is 0.588. The van der Waals surface area contributed by atoms with E-state index in [-0.39, 0.29) is 12.1 Å². The minimum atomic E-state index is -0.440. The fourth-order valence-corrected chi connectivity index (χ4v) is 2.39. The Balaban J connectivity index is 1.74. The van der Waals surface area contributed by atoms with Gasteiger partial charge in [-0.2, -0.15) is 0 Å². The third-order valence-electron chi connectivity index (χ3n) is 3.74. The molecule has 1 fully saturated rings. The SMILES string of the molecule is Cc1ccc(NC2CC(NC(=O)OC(C)(C)C)C2)cc1C. The second-order valence-electron chi connectivity index (χ2n) is 6.95. The summed E-state index contributed by atoms with van der Waals surface area (Å²) in [7, 11) is 0. The Morgan fingerprint density at radius 2 is 1.81 bits per heavy atom. The first-order valence-electron chi connectivity index (χ1n) is 7.56. The summed E-state index contributed by atoms with van der Waals surface area (Å²) in [6, 6.07) is 7.05. The monoisotopic (exact) mass is 290 g/mol. The molecule has 116 valence electrons. The van der Waals surface area contributed by atoms with Gasteiger partial charge in [0.2, 0.25) is 0 Å². The number of amides is 1. The summed E-state index contributed by atoms with van der Waals surface area (Å²) in [4.78, 5) is 11.7. The topological polar surface area (TPSA) is 50.4 Å².